The van der Waals surface area contributed by atoms with E-state index in [0.29, 0.717) is 0 Å². The third-order valence-electron chi connectivity index (χ3n) is 5.81. The molecule has 1 aliphatic heterocycles. The number of hydrogen-bond donors (Lipinski definition) is 1. The van der Waals surface area contributed by atoms with Gasteiger partial charge in [0.15, 0.2) is 0 Å². The van der Waals surface area contributed by atoms with Crippen LogP contribution in [0.3, 0.4) is 0 Å². The third-order valence-corrected chi connectivity index (χ3v) is 6.04. The lowest BCUT2D eigenvalue weighted by atomic mass is 10.0. The summed E-state index contributed by atoms with van der Waals surface area (Å²) in [7, 11) is 0. The standard InChI is InChI=1S/C26H27ClN2O/c1-2-24(20-8-4-3-5-9-20)28-26(30)22-11-12-25-21(18-22)14-16-29(25)15-13-19-7-6-10-23(27)17-19/h3-12,17-18,24H,2,13-16H2,1H3,(H,28,30). The van der Waals surface area contributed by atoms with Crippen LogP contribution in [0.5, 0.6) is 0 Å². The van der Waals surface area contributed by atoms with Crippen molar-refractivity contribution in [1.29, 1.82) is 0 Å². The molecule has 154 valence electrons. The molecule has 3 aromatic rings. The molecule has 1 atom stereocenters. The highest BCUT2D eigenvalue weighted by atomic mass is 35.5. The van der Waals surface area contributed by atoms with E-state index < -0.39 is 0 Å². The molecule has 1 amide bonds. The Kier molecular flexibility index (Phi) is 6.39. The van der Waals surface area contributed by atoms with Gasteiger partial charge < -0.3 is 10.2 Å². The lowest BCUT2D eigenvalue weighted by molar-refractivity contribution is 0.0935. The van der Waals surface area contributed by atoms with Gasteiger partial charge >= 0.3 is 0 Å². The van der Waals surface area contributed by atoms with Crippen LogP contribution in [-0.2, 0) is 12.8 Å². The number of carbonyl (C=O) groups excluding carboxylic acids is 1. The average molecular weight is 419 g/mol. The second-order valence-corrected chi connectivity index (χ2v) is 8.24. The molecule has 0 fully saturated rings. The van der Waals surface area contributed by atoms with Gasteiger partial charge in [0.05, 0.1) is 6.04 Å². The van der Waals surface area contributed by atoms with Crippen molar-refractivity contribution in [2.75, 3.05) is 18.0 Å². The van der Waals surface area contributed by atoms with E-state index in [0.717, 1.165) is 48.5 Å². The molecular formula is C26H27ClN2O. The van der Waals surface area contributed by atoms with Crippen molar-refractivity contribution in [1.82, 2.24) is 5.32 Å². The molecule has 4 rings (SSSR count). The molecule has 30 heavy (non-hydrogen) atoms. The summed E-state index contributed by atoms with van der Waals surface area (Å²) in [5.41, 5.74) is 5.62. The fourth-order valence-corrected chi connectivity index (χ4v) is 4.36. The van der Waals surface area contributed by atoms with Crippen molar-refractivity contribution in [2.24, 2.45) is 0 Å². The highest BCUT2D eigenvalue weighted by Crippen LogP contribution is 2.29. The molecule has 1 unspecified atom stereocenters. The van der Waals surface area contributed by atoms with E-state index >= 15 is 0 Å². The zero-order valence-electron chi connectivity index (χ0n) is 17.3. The number of anilines is 1. The highest BCUT2D eigenvalue weighted by molar-refractivity contribution is 6.30. The number of nitrogens with zero attached hydrogens (tertiary/aromatic N) is 1. The number of benzene rings is 3. The summed E-state index contributed by atoms with van der Waals surface area (Å²) in [4.78, 5) is 15.3. The predicted molar refractivity (Wildman–Crippen MR) is 124 cm³/mol. The van der Waals surface area contributed by atoms with Gasteiger partial charge in [0.2, 0.25) is 0 Å². The van der Waals surface area contributed by atoms with Crippen LogP contribution in [0.15, 0.2) is 72.8 Å². The first-order valence-corrected chi connectivity index (χ1v) is 11.0. The molecule has 0 radical (unpaired) electrons. The Morgan fingerprint density at radius 3 is 2.67 bits per heavy atom. The van der Waals surface area contributed by atoms with E-state index in [1.807, 2.05) is 42.5 Å². The highest BCUT2D eigenvalue weighted by Gasteiger charge is 2.21. The van der Waals surface area contributed by atoms with Gasteiger partial charge in [-0.3, -0.25) is 4.79 Å². The molecule has 3 aromatic carbocycles. The monoisotopic (exact) mass is 418 g/mol. The van der Waals surface area contributed by atoms with Gasteiger partial charge in [0, 0.05) is 29.4 Å². The minimum atomic E-state index is -0.00844. The molecular weight excluding hydrogens is 392 g/mol. The Morgan fingerprint density at radius 2 is 1.90 bits per heavy atom. The van der Waals surface area contributed by atoms with Crippen LogP contribution in [0.25, 0.3) is 0 Å². The van der Waals surface area contributed by atoms with Crippen LogP contribution in [0.1, 0.15) is 46.4 Å². The molecule has 0 aromatic heterocycles. The van der Waals surface area contributed by atoms with Gasteiger partial charge in [0.1, 0.15) is 0 Å². The lowest BCUT2D eigenvalue weighted by Gasteiger charge is -2.20. The van der Waals surface area contributed by atoms with Crippen molar-refractivity contribution in [3.8, 4) is 0 Å². The maximum absolute atomic E-state index is 12.9. The molecule has 1 aliphatic rings. The molecule has 1 heterocycles. The number of hydrogen-bond acceptors (Lipinski definition) is 2. The topological polar surface area (TPSA) is 32.3 Å². The lowest BCUT2D eigenvalue weighted by Crippen LogP contribution is -2.28. The van der Waals surface area contributed by atoms with E-state index in [-0.39, 0.29) is 11.9 Å². The summed E-state index contributed by atoms with van der Waals surface area (Å²) in [5.74, 6) is -0.00844. The van der Waals surface area contributed by atoms with E-state index in [1.165, 1.54) is 16.8 Å². The number of nitrogens with one attached hydrogen (secondary N) is 1. The van der Waals surface area contributed by atoms with Gasteiger partial charge in [-0.2, -0.15) is 0 Å². The van der Waals surface area contributed by atoms with Crippen LogP contribution < -0.4 is 10.2 Å². The molecule has 0 aliphatic carbocycles. The zero-order chi connectivity index (χ0) is 20.9. The van der Waals surface area contributed by atoms with Gasteiger partial charge in [-0.1, -0.05) is 61.0 Å². The zero-order valence-corrected chi connectivity index (χ0v) is 18.0. The summed E-state index contributed by atoms with van der Waals surface area (Å²) >= 11 is 6.10. The van der Waals surface area contributed by atoms with E-state index in [1.54, 1.807) is 0 Å². The second kappa shape index (κ2) is 9.36. The number of amides is 1. The summed E-state index contributed by atoms with van der Waals surface area (Å²) in [5, 5.41) is 3.97. The Bertz CT molecular complexity index is 1020. The molecule has 4 heteroatoms. The van der Waals surface area contributed by atoms with Gasteiger partial charge in [-0.05, 0) is 66.3 Å². The number of rotatable bonds is 7. The Labute approximate surface area is 183 Å². The minimum Gasteiger partial charge on any atom is -0.371 e. The maximum Gasteiger partial charge on any atom is 0.251 e. The molecule has 1 N–H and O–H groups in total. The normalized spacial score (nSPS) is 13.7. The molecule has 0 saturated carbocycles. The van der Waals surface area contributed by atoms with Gasteiger partial charge in [-0.25, -0.2) is 0 Å². The first kappa shape index (κ1) is 20.5. The van der Waals surface area contributed by atoms with Crippen LogP contribution >= 0.6 is 11.6 Å². The molecule has 3 nitrogen and oxygen atoms in total. The number of halogens is 1. The fraction of sp³-hybridized carbons (Fsp3) is 0.269. The second-order valence-electron chi connectivity index (χ2n) is 7.81. The molecule has 0 saturated heterocycles. The number of fused-ring (bicyclic) bond motifs is 1. The average Bonchev–Trinajstić information content (AvgIpc) is 3.19. The summed E-state index contributed by atoms with van der Waals surface area (Å²) < 4.78 is 0. The van der Waals surface area contributed by atoms with Gasteiger partial charge in [-0.15, -0.1) is 0 Å². The van der Waals surface area contributed by atoms with Crippen molar-refractivity contribution >= 4 is 23.2 Å². The van der Waals surface area contributed by atoms with Crippen LogP contribution in [0.2, 0.25) is 5.02 Å². The van der Waals surface area contributed by atoms with Crippen molar-refractivity contribution in [2.45, 2.75) is 32.2 Å². The minimum absolute atomic E-state index is 0.00844. The third kappa shape index (κ3) is 4.68. The van der Waals surface area contributed by atoms with Crippen LogP contribution in [0.4, 0.5) is 5.69 Å². The first-order valence-electron chi connectivity index (χ1n) is 10.6. The van der Waals surface area contributed by atoms with E-state index in [4.69, 9.17) is 11.6 Å². The molecule has 0 bridgehead atoms. The Balaban J connectivity index is 1.42. The van der Waals surface area contributed by atoms with Gasteiger partial charge in [0.25, 0.3) is 5.91 Å². The Hall–Kier alpha value is -2.78. The summed E-state index contributed by atoms with van der Waals surface area (Å²) in [6.07, 6.45) is 2.79. The summed E-state index contributed by atoms with van der Waals surface area (Å²) in [6, 6.07) is 24.3. The van der Waals surface area contributed by atoms with Crippen LogP contribution in [-0.4, -0.2) is 19.0 Å². The SMILES string of the molecule is CCC(NC(=O)c1ccc2c(c1)CCN2CCc1cccc(Cl)c1)c1ccccc1. The van der Waals surface area contributed by atoms with Crippen molar-refractivity contribution in [3.05, 3.63) is 100 Å². The van der Waals surface area contributed by atoms with E-state index in [2.05, 4.69) is 47.5 Å². The predicted octanol–water partition coefficient (Wildman–Crippen LogP) is 5.83. The van der Waals surface area contributed by atoms with E-state index in [9.17, 15) is 4.79 Å². The quantitative estimate of drug-likeness (QED) is 0.523. The van der Waals surface area contributed by atoms with Crippen LogP contribution in [0, 0.1) is 0 Å². The maximum atomic E-state index is 12.9. The van der Waals surface area contributed by atoms with Crippen molar-refractivity contribution in [3.63, 3.8) is 0 Å². The largest absolute Gasteiger partial charge is 0.371 e. The summed E-state index contributed by atoms with van der Waals surface area (Å²) in [6.45, 7) is 4.03. The fourth-order valence-electron chi connectivity index (χ4n) is 4.15. The first-order chi connectivity index (χ1) is 14.6. The smallest absolute Gasteiger partial charge is 0.251 e. The van der Waals surface area contributed by atoms with Crippen molar-refractivity contribution < 1.29 is 4.79 Å². The number of carbonyl (C=O) groups is 1. The Morgan fingerprint density at radius 1 is 1.07 bits per heavy atom. The molecule has 0 spiro atoms.